The monoisotopic (exact) mass is 274 g/mol. The number of anilines is 1. The molecule has 1 aliphatic carbocycles. The van der Waals surface area contributed by atoms with E-state index in [2.05, 4.69) is 27.0 Å². The van der Waals surface area contributed by atoms with Gasteiger partial charge in [0.2, 0.25) is 5.28 Å². The molecule has 0 saturated heterocycles. The number of nitrogens with zero attached hydrogens (tertiary/aromatic N) is 4. The summed E-state index contributed by atoms with van der Waals surface area (Å²) >= 11 is 11.8. The molecule has 1 heterocycles. The van der Waals surface area contributed by atoms with Crippen LogP contribution in [-0.2, 0) is 0 Å². The second kappa shape index (κ2) is 5.36. The van der Waals surface area contributed by atoms with Crippen molar-refractivity contribution in [2.45, 2.75) is 38.6 Å². The van der Waals surface area contributed by atoms with Crippen LogP contribution in [0.4, 0.5) is 5.82 Å². The summed E-state index contributed by atoms with van der Waals surface area (Å²) in [5.74, 6) is 1.45. The largest absolute Gasteiger partial charge is 0.354 e. The number of rotatable bonds is 2. The second-order valence-corrected chi connectivity index (χ2v) is 5.42. The van der Waals surface area contributed by atoms with E-state index in [0.29, 0.717) is 17.0 Å². The van der Waals surface area contributed by atoms with Crippen molar-refractivity contribution >= 4 is 29.0 Å². The van der Waals surface area contributed by atoms with Crippen molar-refractivity contribution in [2.75, 3.05) is 11.9 Å². The van der Waals surface area contributed by atoms with Crippen LogP contribution in [0.25, 0.3) is 0 Å². The number of aromatic nitrogens is 3. The van der Waals surface area contributed by atoms with Gasteiger partial charge in [0.1, 0.15) is 0 Å². The van der Waals surface area contributed by atoms with E-state index >= 15 is 0 Å². The predicted octanol–water partition coefficient (Wildman–Crippen LogP) is 3.19. The van der Waals surface area contributed by atoms with E-state index in [9.17, 15) is 0 Å². The van der Waals surface area contributed by atoms with Gasteiger partial charge in [-0.2, -0.15) is 4.98 Å². The second-order valence-electron chi connectivity index (χ2n) is 4.72. The molecule has 1 fully saturated rings. The lowest BCUT2D eigenvalue weighted by molar-refractivity contribution is 0.340. The quantitative estimate of drug-likeness (QED) is 0.831. The highest BCUT2D eigenvalue weighted by molar-refractivity contribution is 6.32. The molecule has 0 amide bonds. The molecule has 1 saturated carbocycles. The molecule has 1 aromatic heterocycles. The highest BCUT2D eigenvalue weighted by Gasteiger charge is 2.24. The van der Waals surface area contributed by atoms with Gasteiger partial charge in [0.05, 0.1) is 0 Å². The van der Waals surface area contributed by atoms with Gasteiger partial charge in [0, 0.05) is 13.1 Å². The molecule has 0 aliphatic heterocycles. The van der Waals surface area contributed by atoms with E-state index in [-0.39, 0.29) is 5.28 Å². The summed E-state index contributed by atoms with van der Waals surface area (Å²) in [6.07, 6.45) is 4.82. The third kappa shape index (κ3) is 2.99. The van der Waals surface area contributed by atoms with Crippen LogP contribution in [0.15, 0.2) is 0 Å². The van der Waals surface area contributed by atoms with E-state index in [0.717, 1.165) is 18.8 Å². The van der Waals surface area contributed by atoms with Crippen LogP contribution < -0.4 is 4.90 Å². The maximum absolute atomic E-state index is 6.00. The first-order valence-corrected chi connectivity index (χ1v) is 6.62. The number of hydrogen-bond donors (Lipinski definition) is 0. The molecule has 94 valence electrons. The number of hydrogen-bond acceptors (Lipinski definition) is 4. The molecule has 6 heteroatoms. The van der Waals surface area contributed by atoms with Crippen molar-refractivity contribution in [3.05, 3.63) is 10.4 Å². The molecule has 0 radical (unpaired) electrons. The highest BCUT2D eigenvalue weighted by Crippen LogP contribution is 2.30. The maximum atomic E-state index is 6.00. The van der Waals surface area contributed by atoms with E-state index in [1.807, 2.05) is 7.05 Å². The van der Waals surface area contributed by atoms with Gasteiger partial charge in [-0.25, -0.2) is 0 Å². The lowest BCUT2D eigenvalue weighted by Gasteiger charge is -2.34. The molecule has 1 aromatic rings. The Bertz CT molecular complexity index is 391. The standard InChI is InChI=1S/C11H16Cl2N4/c1-7-3-5-8(6-4-7)17(2)10-9(12)15-16-11(13)14-10/h7-8H,3-6H2,1-2H3. The summed E-state index contributed by atoms with van der Waals surface area (Å²) < 4.78 is 0. The van der Waals surface area contributed by atoms with Crippen LogP contribution in [0.3, 0.4) is 0 Å². The Morgan fingerprint density at radius 2 is 1.76 bits per heavy atom. The van der Waals surface area contributed by atoms with Gasteiger partial charge in [-0.05, 0) is 43.2 Å². The first-order valence-electron chi connectivity index (χ1n) is 5.86. The van der Waals surface area contributed by atoms with Gasteiger partial charge in [-0.3, -0.25) is 0 Å². The molecule has 0 unspecified atom stereocenters. The summed E-state index contributed by atoms with van der Waals surface area (Å²) in [5.41, 5.74) is 0. The molecule has 4 nitrogen and oxygen atoms in total. The fraction of sp³-hybridized carbons (Fsp3) is 0.727. The molecule has 0 bridgehead atoms. The summed E-state index contributed by atoms with van der Waals surface area (Å²) in [6.45, 7) is 2.30. The van der Waals surface area contributed by atoms with E-state index < -0.39 is 0 Å². The SMILES string of the molecule is CC1CCC(N(C)c2nc(Cl)nnc2Cl)CC1. The van der Waals surface area contributed by atoms with Crippen LogP contribution in [-0.4, -0.2) is 28.3 Å². The zero-order valence-corrected chi connectivity index (χ0v) is 11.5. The molecule has 0 aromatic carbocycles. The van der Waals surface area contributed by atoms with Crippen molar-refractivity contribution in [3.8, 4) is 0 Å². The first kappa shape index (κ1) is 12.8. The molecular formula is C11H16Cl2N4. The Kier molecular flexibility index (Phi) is 4.05. The molecule has 0 spiro atoms. The minimum atomic E-state index is 0.139. The zero-order chi connectivity index (χ0) is 12.4. The fourth-order valence-electron chi connectivity index (χ4n) is 2.31. The maximum Gasteiger partial charge on any atom is 0.245 e. The number of halogens is 2. The Labute approximate surface area is 111 Å². The average Bonchev–Trinajstić information content (AvgIpc) is 2.32. The molecule has 2 rings (SSSR count). The van der Waals surface area contributed by atoms with Gasteiger partial charge in [-0.15, -0.1) is 10.2 Å². The van der Waals surface area contributed by atoms with E-state index in [4.69, 9.17) is 23.2 Å². The van der Waals surface area contributed by atoms with Gasteiger partial charge in [-0.1, -0.05) is 18.5 Å². The van der Waals surface area contributed by atoms with Crippen LogP contribution in [0.1, 0.15) is 32.6 Å². The predicted molar refractivity (Wildman–Crippen MR) is 69.7 cm³/mol. The lowest BCUT2D eigenvalue weighted by Crippen LogP contribution is -2.35. The van der Waals surface area contributed by atoms with Gasteiger partial charge < -0.3 is 4.90 Å². The van der Waals surface area contributed by atoms with E-state index in [1.54, 1.807) is 0 Å². The summed E-state index contributed by atoms with van der Waals surface area (Å²) in [6, 6.07) is 0.469. The Hall–Kier alpha value is -0.610. The molecule has 0 N–H and O–H groups in total. The van der Waals surface area contributed by atoms with Crippen LogP contribution in [0, 0.1) is 5.92 Å². The van der Waals surface area contributed by atoms with Gasteiger partial charge in [0.25, 0.3) is 0 Å². The van der Waals surface area contributed by atoms with Crippen molar-refractivity contribution in [3.63, 3.8) is 0 Å². The van der Waals surface area contributed by atoms with Crippen LogP contribution in [0.5, 0.6) is 0 Å². The smallest absolute Gasteiger partial charge is 0.245 e. The summed E-state index contributed by atoms with van der Waals surface area (Å²) in [7, 11) is 1.99. The van der Waals surface area contributed by atoms with Crippen molar-refractivity contribution in [1.29, 1.82) is 0 Å². The highest BCUT2D eigenvalue weighted by atomic mass is 35.5. The van der Waals surface area contributed by atoms with E-state index in [1.165, 1.54) is 12.8 Å². The molecule has 0 atom stereocenters. The minimum absolute atomic E-state index is 0.139. The van der Waals surface area contributed by atoms with Crippen LogP contribution >= 0.6 is 23.2 Å². The molecule has 1 aliphatic rings. The molecular weight excluding hydrogens is 259 g/mol. The third-order valence-electron chi connectivity index (χ3n) is 3.47. The molecule has 17 heavy (non-hydrogen) atoms. The van der Waals surface area contributed by atoms with Crippen molar-refractivity contribution in [1.82, 2.24) is 15.2 Å². The van der Waals surface area contributed by atoms with Crippen LogP contribution in [0.2, 0.25) is 10.4 Å². The topological polar surface area (TPSA) is 41.9 Å². The summed E-state index contributed by atoms with van der Waals surface area (Å²) in [5, 5.41) is 7.87. The Morgan fingerprint density at radius 1 is 1.12 bits per heavy atom. The average molecular weight is 275 g/mol. The minimum Gasteiger partial charge on any atom is -0.354 e. The first-order chi connectivity index (χ1) is 8.08. The normalized spacial score (nSPS) is 24.7. The Morgan fingerprint density at radius 3 is 2.41 bits per heavy atom. The lowest BCUT2D eigenvalue weighted by atomic mass is 9.87. The Balaban J connectivity index is 2.13. The van der Waals surface area contributed by atoms with Gasteiger partial charge in [0.15, 0.2) is 11.0 Å². The summed E-state index contributed by atoms with van der Waals surface area (Å²) in [4.78, 5) is 6.23. The van der Waals surface area contributed by atoms with Gasteiger partial charge >= 0.3 is 0 Å². The van der Waals surface area contributed by atoms with Crippen molar-refractivity contribution < 1.29 is 0 Å². The third-order valence-corrected chi connectivity index (χ3v) is 3.87. The zero-order valence-electron chi connectivity index (χ0n) is 10.0. The van der Waals surface area contributed by atoms with Crippen molar-refractivity contribution in [2.24, 2.45) is 5.92 Å². The fourth-order valence-corrected chi connectivity index (χ4v) is 2.64.